The molecular weight excluding hydrogens is 516 g/mol. The van der Waals surface area contributed by atoms with Crippen molar-refractivity contribution >= 4 is 29.1 Å². The van der Waals surface area contributed by atoms with E-state index in [-0.39, 0.29) is 30.8 Å². The third-order valence-electron chi connectivity index (χ3n) is 7.15. The lowest BCUT2D eigenvalue weighted by atomic mass is 9.95. The molecule has 1 fully saturated rings. The zero-order chi connectivity index (χ0) is 27.0. The van der Waals surface area contributed by atoms with Crippen LogP contribution < -0.4 is 11.1 Å². The number of nitrogens with zero attached hydrogens (tertiary/aromatic N) is 3. The molecule has 1 aliphatic heterocycles. The number of hydrogen-bond acceptors (Lipinski definition) is 5. The molecule has 1 unspecified atom stereocenters. The van der Waals surface area contributed by atoms with E-state index < -0.39 is 36.1 Å². The van der Waals surface area contributed by atoms with Gasteiger partial charge in [0, 0.05) is 33.8 Å². The molecule has 38 heavy (non-hydrogen) atoms. The predicted octanol–water partition coefficient (Wildman–Crippen LogP) is 3.75. The van der Waals surface area contributed by atoms with E-state index >= 15 is 4.39 Å². The summed E-state index contributed by atoms with van der Waals surface area (Å²) in [5.41, 5.74) is 8.24. The molecule has 2 aliphatic rings. The zero-order valence-corrected chi connectivity index (χ0v) is 21.3. The first kappa shape index (κ1) is 26.3. The Balaban J connectivity index is 1.35. The summed E-state index contributed by atoms with van der Waals surface area (Å²) in [6.07, 6.45) is 0.350. The lowest BCUT2D eigenvalue weighted by Gasteiger charge is -2.24. The van der Waals surface area contributed by atoms with Crippen LogP contribution >= 0.6 is 11.6 Å². The van der Waals surface area contributed by atoms with Crippen molar-refractivity contribution < 1.29 is 23.5 Å². The van der Waals surface area contributed by atoms with Gasteiger partial charge in [-0.1, -0.05) is 41.9 Å². The minimum absolute atomic E-state index is 0.0927. The van der Waals surface area contributed by atoms with Gasteiger partial charge in [0.2, 0.25) is 11.8 Å². The molecule has 4 N–H and O–H groups in total. The van der Waals surface area contributed by atoms with E-state index in [1.807, 2.05) is 0 Å². The summed E-state index contributed by atoms with van der Waals surface area (Å²) in [5, 5.41) is 17.2. The second-order valence-electron chi connectivity index (χ2n) is 9.65. The molecule has 0 radical (unpaired) electrons. The number of fused-ring (bicyclic) bond motifs is 1. The molecule has 3 atom stereocenters. The third-order valence-corrected chi connectivity index (χ3v) is 7.48. The maximum atomic E-state index is 15.4. The lowest BCUT2D eigenvalue weighted by molar-refractivity contribution is -0.137. The number of anilines is 1. The number of rotatable bonds is 6. The first-order chi connectivity index (χ1) is 18.2. The summed E-state index contributed by atoms with van der Waals surface area (Å²) in [6, 6.07) is 10.2. The average Bonchev–Trinajstić information content (AvgIpc) is 3.47. The molecule has 1 saturated heterocycles. The molecule has 200 valence electrons. The predicted molar refractivity (Wildman–Crippen MR) is 139 cm³/mol. The number of amides is 2. The Morgan fingerprint density at radius 2 is 1.89 bits per heavy atom. The van der Waals surface area contributed by atoms with E-state index in [0.29, 0.717) is 29.1 Å². The molecule has 0 bridgehead atoms. The highest BCUT2D eigenvalue weighted by Crippen LogP contribution is 2.33. The van der Waals surface area contributed by atoms with Gasteiger partial charge in [-0.15, -0.1) is 0 Å². The SMILES string of the molecule is NC(O)c1nn(CC(=O)N2C[C@H](F)C[C@H]2C(=O)Nc2cccc(-c3ccccc3Cl)c2F)c2c1CCCC2. The van der Waals surface area contributed by atoms with Gasteiger partial charge < -0.3 is 21.1 Å². The van der Waals surface area contributed by atoms with Crippen molar-refractivity contribution in [1.82, 2.24) is 14.7 Å². The number of carbonyl (C=O) groups is 2. The first-order valence-electron chi connectivity index (χ1n) is 12.5. The Labute approximate surface area is 223 Å². The molecule has 1 aromatic heterocycles. The van der Waals surface area contributed by atoms with Crippen LogP contribution in [-0.4, -0.2) is 50.4 Å². The lowest BCUT2D eigenvalue weighted by Crippen LogP contribution is -2.44. The van der Waals surface area contributed by atoms with Gasteiger partial charge in [-0.3, -0.25) is 14.3 Å². The van der Waals surface area contributed by atoms with Crippen LogP contribution in [0.2, 0.25) is 5.02 Å². The van der Waals surface area contributed by atoms with Crippen molar-refractivity contribution in [3.05, 3.63) is 70.3 Å². The van der Waals surface area contributed by atoms with Gasteiger partial charge >= 0.3 is 0 Å². The fraction of sp³-hybridized carbons (Fsp3) is 0.370. The quantitative estimate of drug-likeness (QED) is 0.410. The number of aliphatic hydroxyl groups excluding tert-OH is 1. The summed E-state index contributed by atoms with van der Waals surface area (Å²) >= 11 is 6.22. The Kier molecular flexibility index (Phi) is 7.47. The van der Waals surface area contributed by atoms with Gasteiger partial charge in [-0.25, -0.2) is 8.78 Å². The zero-order valence-electron chi connectivity index (χ0n) is 20.5. The van der Waals surface area contributed by atoms with Crippen molar-refractivity contribution in [1.29, 1.82) is 0 Å². The van der Waals surface area contributed by atoms with Crippen LogP contribution in [0.15, 0.2) is 42.5 Å². The van der Waals surface area contributed by atoms with E-state index in [4.69, 9.17) is 17.3 Å². The van der Waals surface area contributed by atoms with Gasteiger partial charge in [0.25, 0.3) is 0 Å². The molecule has 2 heterocycles. The summed E-state index contributed by atoms with van der Waals surface area (Å²) in [5.74, 6) is -1.86. The number of hydrogen-bond donors (Lipinski definition) is 3. The Morgan fingerprint density at radius 1 is 1.16 bits per heavy atom. The number of likely N-dealkylation sites (tertiary alicyclic amines) is 1. The number of nitrogens with two attached hydrogens (primary N) is 1. The largest absolute Gasteiger partial charge is 0.373 e. The highest BCUT2D eigenvalue weighted by atomic mass is 35.5. The smallest absolute Gasteiger partial charge is 0.247 e. The minimum atomic E-state index is -1.40. The number of benzene rings is 2. The second-order valence-corrected chi connectivity index (χ2v) is 10.1. The minimum Gasteiger partial charge on any atom is -0.373 e. The fourth-order valence-corrected chi connectivity index (χ4v) is 5.57. The first-order valence-corrected chi connectivity index (χ1v) is 12.9. The molecule has 11 heteroatoms. The van der Waals surface area contributed by atoms with Crippen molar-refractivity contribution in [2.75, 3.05) is 11.9 Å². The number of aromatic nitrogens is 2. The van der Waals surface area contributed by atoms with Crippen LogP contribution in [0.1, 0.15) is 42.4 Å². The molecule has 5 rings (SSSR count). The third kappa shape index (κ3) is 5.03. The summed E-state index contributed by atoms with van der Waals surface area (Å²) in [6.45, 7) is -0.475. The van der Waals surface area contributed by atoms with Crippen molar-refractivity contribution in [2.24, 2.45) is 5.73 Å². The van der Waals surface area contributed by atoms with Crippen molar-refractivity contribution in [3.63, 3.8) is 0 Å². The summed E-state index contributed by atoms with van der Waals surface area (Å²) < 4.78 is 31.3. The Hall–Kier alpha value is -3.34. The summed E-state index contributed by atoms with van der Waals surface area (Å²) in [4.78, 5) is 27.6. The number of alkyl halides is 1. The molecular formula is C27H28ClF2N5O3. The van der Waals surface area contributed by atoms with Crippen LogP contribution in [0.5, 0.6) is 0 Å². The van der Waals surface area contributed by atoms with E-state index in [2.05, 4.69) is 10.4 Å². The topological polar surface area (TPSA) is 113 Å². The molecule has 0 saturated carbocycles. The molecule has 0 spiro atoms. The van der Waals surface area contributed by atoms with E-state index in [1.165, 1.54) is 15.6 Å². The Morgan fingerprint density at radius 3 is 2.66 bits per heavy atom. The molecule has 1 aliphatic carbocycles. The molecule has 8 nitrogen and oxygen atoms in total. The highest BCUT2D eigenvalue weighted by Gasteiger charge is 2.40. The number of nitrogens with one attached hydrogen (secondary N) is 1. The van der Waals surface area contributed by atoms with E-state index in [1.54, 1.807) is 36.4 Å². The van der Waals surface area contributed by atoms with Gasteiger partial charge in [-0.05, 0) is 37.8 Å². The van der Waals surface area contributed by atoms with Crippen molar-refractivity contribution in [2.45, 2.75) is 57.1 Å². The monoisotopic (exact) mass is 543 g/mol. The maximum absolute atomic E-state index is 15.4. The van der Waals surface area contributed by atoms with Crippen LogP contribution in [0.25, 0.3) is 11.1 Å². The number of aliphatic hydroxyl groups is 1. The fourth-order valence-electron chi connectivity index (χ4n) is 5.33. The van der Waals surface area contributed by atoms with Crippen LogP contribution in [0.3, 0.4) is 0 Å². The van der Waals surface area contributed by atoms with Gasteiger partial charge in [0.05, 0.1) is 12.2 Å². The van der Waals surface area contributed by atoms with Gasteiger partial charge in [0.15, 0.2) is 5.82 Å². The maximum Gasteiger partial charge on any atom is 0.247 e. The van der Waals surface area contributed by atoms with Crippen molar-refractivity contribution in [3.8, 4) is 11.1 Å². The standard InChI is InChI=1S/C27H28ClF2N5O3/c28-19-9-3-1-6-16(19)17-8-5-10-20(24(17)30)32-27(38)22-12-15(29)13-34(22)23(36)14-35-21-11-4-2-7-18(21)25(33-35)26(31)37/h1,3,5-6,8-10,15,22,26,37H,2,4,7,11-14,31H2,(H,32,38)/t15-,22+,26?/m1/s1. The molecule has 2 amide bonds. The van der Waals surface area contributed by atoms with Crippen LogP contribution in [0.4, 0.5) is 14.5 Å². The summed E-state index contributed by atoms with van der Waals surface area (Å²) in [7, 11) is 0. The second kappa shape index (κ2) is 10.8. The van der Waals surface area contributed by atoms with Crippen LogP contribution in [-0.2, 0) is 29.0 Å². The van der Waals surface area contributed by atoms with Gasteiger partial charge in [-0.2, -0.15) is 5.10 Å². The molecule has 3 aromatic rings. The van der Waals surface area contributed by atoms with E-state index in [0.717, 1.165) is 24.1 Å². The van der Waals surface area contributed by atoms with E-state index in [9.17, 15) is 19.1 Å². The number of halogens is 3. The molecule has 2 aromatic carbocycles. The average molecular weight is 544 g/mol. The van der Waals surface area contributed by atoms with Gasteiger partial charge in [0.1, 0.15) is 30.7 Å². The Bertz CT molecular complexity index is 1380. The normalized spacial score (nSPS) is 19.8. The van der Waals surface area contributed by atoms with Crippen LogP contribution in [0, 0.1) is 5.82 Å². The number of carbonyl (C=O) groups excluding carboxylic acids is 2. The highest BCUT2D eigenvalue weighted by molar-refractivity contribution is 6.33.